The zero-order chi connectivity index (χ0) is 16.3. The van der Waals surface area contributed by atoms with Crippen molar-refractivity contribution < 1.29 is 19.7 Å². The van der Waals surface area contributed by atoms with Gasteiger partial charge in [0.1, 0.15) is 6.23 Å². The molecule has 0 bridgehead atoms. The summed E-state index contributed by atoms with van der Waals surface area (Å²) in [5.41, 5.74) is -0.635. The topological polar surface area (TPSA) is 122 Å². The first-order valence-corrected chi connectivity index (χ1v) is 7.99. The number of aromatic amines is 1. The fourth-order valence-electron chi connectivity index (χ4n) is 2.19. The number of thioether (sulfide) groups is 1. The Morgan fingerprint density at radius 2 is 2.27 bits per heavy atom. The minimum absolute atomic E-state index is 0.0511. The molecule has 8 nitrogen and oxygen atoms in total. The molecule has 0 amide bonds. The second kappa shape index (κ2) is 7.12. The number of aromatic nitrogens is 2. The lowest BCUT2D eigenvalue weighted by Crippen LogP contribution is -2.33. The number of aliphatic hydroxyl groups is 1. The number of H-pyrrole nitrogens is 1. The normalized spacial score (nSPS) is 24.5. The van der Waals surface area contributed by atoms with Crippen LogP contribution in [0.15, 0.2) is 15.8 Å². The smallest absolute Gasteiger partial charge is 0.330 e. The van der Waals surface area contributed by atoms with E-state index in [-0.39, 0.29) is 12.8 Å². The van der Waals surface area contributed by atoms with Gasteiger partial charge in [-0.15, -0.1) is 0 Å². The standard InChI is InChI=1S/C13H18N2O6S/c1-7-5-15(13(20)14-12(7)19)10-4-8(16)9(21-10)6-22-3-2-11(17)18/h5,8-10,16H,2-4,6H2,1H3,(H,17,18)(H,14,19,20)/t8-,9+,10+/m0/s1. The molecule has 0 aromatic carbocycles. The molecule has 122 valence electrons. The summed E-state index contributed by atoms with van der Waals surface area (Å²) in [4.78, 5) is 35.8. The van der Waals surface area contributed by atoms with Crippen LogP contribution in [0.2, 0.25) is 0 Å². The van der Waals surface area contributed by atoms with Crippen molar-refractivity contribution in [3.05, 3.63) is 32.6 Å². The minimum atomic E-state index is -0.867. The molecule has 1 aliphatic rings. The second-order valence-corrected chi connectivity index (χ2v) is 6.28. The molecule has 2 heterocycles. The summed E-state index contributed by atoms with van der Waals surface area (Å²) in [5.74, 6) is 0.0142. The maximum atomic E-state index is 11.8. The van der Waals surface area contributed by atoms with Gasteiger partial charge < -0.3 is 14.9 Å². The van der Waals surface area contributed by atoms with Crippen molar-refractivity contribution in [2.45, 2.75) is 38.2 Å². The van der Waals surface area contributed by atoms with E-state index in [1.807, 2.05) is 0 Å². The number of carboxylic acid groups (broad SMARTS) is 1. The van der Waals surface area contributed by atoms with Gasteiger partial charge in [0, 0.05) is 29.7 Å². The SMILES string of the molecule is Cc1cn([C@H]2C[C@H](O)[C@@H](CSCCC(=O)O)O2)c(=O)[nH]c1=O. The molecule has 2 rings (SSSR count). The largest absolute Gasteiger partial charge is 0.481 e. The molecule has 9 heteroatoms. The number of aliphatic carboxylic acids is 1. The molecule has 0 aliphatic carbocycles. The Labute approximate surface area is 130 Å². The number of rotatable bonds is 6. The highest BCUT2D eigenvalue weighted by Crippen LogP contribution is 2.29. The van der Waals surface area contributed by atoms with Crippen molar-refractivity contribution in [1.82, 2.24) is 9.55 Å². The van der Waals surface area contributed by atoms with Crippen molar-refractivity contribution in [1.29, 1.82) is 0 Å². The molecule has 1 saturated heterocycles. The number of nitrogens with one attached hydrogen (secondary N) is 1. The van der Waals surface area contributed by atoms with Crippen molar-refractivity contribution in [3.63, 3.8) is 0 Å². The summed E-state index contributed by atoms with van der Waals surface area (Å²) in [6, 6.07) is 0. The number of ether oxygens (including phenoxy) is 1. The van der Waals surface area contributed by atoms with Crippen LogP contribution in [0.4, 0.5) is 0 Å². The molecule has 1 aromatic rings. The van der Waals surface area contributed by atoms with Crippen LogP contribution in [-0.2, 0) is 9.53 Å². The van der Waals surface area contributed by atoms with Crippen LogP contribution >= 0.6 is 11.8 Å². The molecule has 1 aromatic heterocycles. The number of aliphatic hydroxyl groups excluding tert-OH is 1. The Hall–Kier alpha value is -1.58. The quantitative estimate of drug-likeness (QED) is 0.612. The lowest BCUT2D eigenvalue weighted by Gasteiger charge is -2.16. The van der Waals surface area contributed by atoms with E-state index in [1.54, 1.807) is 6.92 Å². The number of aryl methyl sites for hydroxylation is 1. The minimum Gasteiger partial charge on any atom is -0.481 e. The van der Waals surface area contributed by atoms with E-state index in [4.69, 9.17) is 9.84 Å². The lowest BCUT2D eigenvalue weighted by atomic mass is 10.2. The number of carboxylic acids is 1. The van der Waals surface area contributed by atoms with Crippen LogP contribution in [-0.4, -0.2) is 49.4 Å². The summed E-state index contributed by atoms with van der Waals surface area (Å²) in [7, 11) is 0. The van der Waals surface area contributed by atoms with Gasteiger partial charge in [-0.3, -0.25) is 19.1 Å². The fraction of sp³-hybridized carbons (Fsp3) is 0.615. The van der Waals surface area contributed by atoms with Gasteiger partial charge in [0.05, 0.1) is 18.6 Å². The van der Waals surface area contributed by atoms with Crippen molar-refractivity contribution in [2.75, 3.05) is 11.5 Å². The van der Waals surface area contributed by atoms with Gasteiger partial charge in [0.2, 0.25) is 0 Å². The van der Waals surface area contributed by atoms with Gasteiger partial charge in [-0.05, 0) is 6.92 Å². The first-order chi connectivity index (χ1) is 10.4. The summed E-state index contributed by atoms with van der Waals surface area (Å²) >= 11 is 1.38. The van der Waals surface area contributed by atoms with Crippen LogP contribution in [0.25, 0.3) is 0 Å². The molecule has 22 heavy (non-hydrogen) atoms. The molecule has 1 fully saturated rings. The third kappa shape index (κ3) is 3.99. The fourth-order valence-corrected chi connectivity index (χ4v) is 3.21. The van der Waals surface area contributed by atoms with E-state index in [1.165, 1.54) is 22.5 Å². The van der Waals surface area contributed by atoms with E-state index >= 15 is 0 Å². The van der Waals surface area contributed by atoms with Crippen LogP contribution in [0.5, 0.6) is 0 Å². The third-order valence-electron chi connectivity index (χ3n) is 3.40. The highest BCUT2D eigenvalue weighted by molar-refractivity contribution is 7.99. The first kappa shape index (κ1) is 16.8. The molecule has 0 unspecified atom stereocenters. The van der Waals surface area contributed by atoms with E-state index in [2.05, 4.69) is 4.98 Å². The number of hydrogen-bond donors (Lipinski definition) is 3. The lowest BCUT2D eigenvalue weighted by molar-refractivity contribution is -0.136. The Kier molecular flexibility index (Phi) is 5.43. The Balaban J connectivity index is 1.98. The average Bonchev–Trinajstić information content (AvgIpc) is 2.80. The van der Waals surface area contributed by atoms with Crippen molar-refractivity contribution in [3.8, 4) is 0 Å². The molecule has 0 saturated carbocycles. The highest BCUT2D eigenvalue weighted by Gasteiger charge is 2.35. The van der Waals surface area contributed by atoms with Crippen LogP contribution < -0.4 is 11.2 Å². The molecular weight excluding hydrogens is 312 g/mol. The summed E-state index contributed by atoms with van der Waals surface area (Å²) in [6.07, 6.45) is -0.128. The van der Waals surface area contributed by atoms with Crippen LogP contribution in [0.1, 0.15) is 24.6 Å². The molecule has 0 radical (unpaired) electrons. The van der Waals surface area contributed by atoms with E-state index in [9.17, 15) is 19.5 Å². The zero-order valence-electron chi connectivity index (χ0n) is 12.0. The Morgan fingerprint density at radius 1 is 1.55 bits per heavy atom. The highest BCUT2D eigenvalue weighted by atomic mass is 32.2. The Bertz CT molecular complexity index is 655. The van der Waals surface area contributed by atoms with Crippen LogP contribution in [0.3, 0.4) is 0 Å². The molecule has 3 atom stereocenters. The summed E-state index contributed by atoms with van der Waals surface area (Å²) in [5, 5.41) is 18.6. The maximum absolute atomic E-state index is 11.8. The maximum Gasteiger partial charge on any atom is 0.330 e. The van der Waals surface area contributed by atoms with E-state index in [0.29, 0.717) is 17.1 Å². The summed E-state index contributed by atoms with van der Waals surface area (Å²) < 4.78 is 6.93. The van der Waals surface area contributed by atoms with Gasteiger partial charge in [0.15, 0.2) is 0 Å². The second-order valence-electron chi connectivity index (χ2n) is 5.13. The predicted molar refractivity (Wildman–Crippen MR) is 80.2 cm³/mol. The number of nitrogens with zero attached hydrogens (tertiary/aromatic N) is 1. The predicted octanol–water partition coefficient (Wildman–Crippen LogP) is -0.299. The van der Waals surface area contributed by atoms with Gasteiger partial charge in [-0.25, -0.2) is 4.79 Å². The number of carbonyl (C=O) groups is 1. The Morgan fingerprint density at radius 3 is 2.95 bits per heavy atom. The van der Waals surface area contributed by atoms with E-state index < -0.39 is 35.7 Å². The third-order valence-corrected chi connectivity index (χ3v) is 4.46. The first-order valence-electron chi connectivity index (χ1n) is 6.83. The summed E-state index contributed by atoms with van der Waals surface area (Å²) in [6.45, 7) is 1.58. The monoisotopic (exact) mass is 330 g/mol. The van der Waals surface area contributed by atoms with Gasteiger partial charge in [0.25, 0.3) is 5.56 Å². The van der Waals surface area contributed by atoms with Gasteiger partial charge in [-0.1, -0.05) is 0 Å². The van der Waals surface area contributed by atoms with Gasteiger partial charge in [-0.2, -0.15) is 11.8 Å². The molecule has 0 spiro atoms. The van der Waals surface area contributed by atoms with Crippen molar-refractivity contribution >= 4 is 17.7 Å². The van der Waals surface area contributed by atoms with E-state index in [0.717, 1.165) is 0 Å². The molecule has 1 aliphatic heterocycles. The van der Waals surface area contributed by atoms with Crippen molar-refractivity contribution in [2.24, 2.45) is 0 Å². The average molecular weight is 330 g/mol. The molecule has 3 N–H and O–H groups in total. The van der Waals surface area contributed by atoms with Gasteiger partial charge >= 0.3 is 11.7 Å². The van der Waals surface area contributed by atoms with Crippen LogP contribution in [0, 0.1) is 6.92 Å². The number of hydrogen-bond acceptors (Lipinski definition) is 6. The zero-order valence-corrected chi connectivity index (χ0v) is 12.8. The molecular formula is C13H18N2O6S.